The molecule has 0 spiro atoms. The molecule has 2 aromatic carbocycles. The molecule has 4 rings (SSSR count). The fraction of sp³-hybridized carbons (Fsp3) is 0.0526. The highest BCUT2D eigenvalue weighted by Crippen LogP contribution is 2.24. The van der Waals surface area contributed by atoms with Crippen LogP contribution >= 0.6 is 0 Å². The molecule has 8 nitrogen and oxygen atoms in total. The summed E-state index contributed by atoms with van der Waals surface area (Å²) in [5.41, 5.74) is 2.58. The molecule has 27 heavy (non-hydrogen) atoms. The second-order valence-corrected chi connectivity index (χ2v) is 5.88. The minimum absolute atomic E-state index is 0.356. The van der Waals surface area contributed by atoms with E-state index in [9.17, 15) is 9.59 Å². The van der Waals surface area contributed by atoms with Crippen LogP contribution in [0.2, 0.25) is 0 Å². The first kappa shape index (κ1) is 16.5. The van der Waals surface area contributed by atoms with E-state index >= 15 is 0 Å². The van der Waals surface area contributed by atoms with Gasteiger partial charge in [0, 0.05) is 23.1 Å². The number of nitrogens with one attached hydrogen (secondary N) is 3. The number of aromatic nitrogens is 3. The normalized spacial score (nSPS) is 13.0. The number of benzene rings is 2. The van der Waals surface area contributed by atoms with Crippen molar-refractivity contribution < 1.29 is 9.59 Å². The molecule has 8 heteroatoms. The molecule has 0 fully saturated rings. The summed E-state index contributed by atoms with van der Waals surface area (Å²) in [6.45, 7) is 0.552. The third-order valence-electron chi connectivity index (χ3n) is 4.07. The Morgan fingerprint density at radius 1 is 1.07 bits per heavy atom. The topological polar surface area (TPSA) is 103 Å². The summed E-state index contributed by atoms with van der Waals surface area (Å²) in [4.78, 5) is 30.5. The van der Waals surface area contributed by atoms with Crippen LogP contribution in [0.3, 0.4) is 0 Å². The number of ketones is 1. The zero-order valence-electron chi connectivity index (χ0n) is 14.2. The van der Waals surface area contributed by atoms with Gasteiger partial charge in [-0.2, -0.15) is 5.10 Å². The maximum Gasteiger partial charge on any atom is 0.296 e. The van der Waals surface area contributed by atoms with Crippen molar-refractivity contribution in [3.05, 3.63) is 78.5 Å². The number of anilines is 2. The van der Waals surface area contributed by atoms with Crippen LogP contribution in [-0.2, 0) is 4.79 Å². The van der Waals surface area contributed by atoms with Gasteiger partial charge in [-0.15, -0.1) is 0 Å². The second kappa shape index (κ2) is 7.12. The van der Waals surface area contributed by atoms with Crippen LogP contribution in [0, 0.1) is 0 Å². The number of hydrogen-bond acceptors (Lipinski definition) is 6. The quantitative estimate of drug-likeness (QED) is 0.475. The van der Waals surface area contributed by atoms with Crippen LogP contribution < -0.4 is 15.5 Å². The highest BCUT2D eigenvalue weighted by atomic mass is 16.2. The Labute approximate surface area is 154 Å². The van der Waals surface area contributed by atoms with Crippen molar-refractivity contribution in [1.29, 1.82) is 0 Å². The molecule has 1 aliphatic rings. The highest BCUT2D eigenvalue weighted by molar-refractivity contribution is 6.46. The van der Waals surface area contributed by atoms with Crippen LogP contribution in [0.15, 0.2) is 67.1 Å². The Kier molecular flexibility index (Phi) is 4.36. The summed E-state index contributed by atoms with van der Waals surface area (Å²) in [6, 6.07) is 15.7. The molecule has 1 aliphatic heterocycles. The largest absolute Gasteiger partial charge is 0.363 e. The Morgan fingerprint density at radius 3 is 2.70 bits per heavy atom. The number of Topliss-reactive ketones (excluding diaryl/α,β-unsaturated/α-hetero) is 1. The summed E-state index contributed by atoms with van der Waals surface area (Å²) < 4.78 is 0. The predicted molar refractivity (Wildman–Crippen MR) is 101 cm³/mol. The third-order valence-corrected chi connectivity index (χ3v) is 4.07. The maximum absolute atomic E-state index is 12.2. The lowest BCUT2D eigenvalue weighted by molar-refractivity contribution is -0.112. The Balaban J connectivity index is 1.48. The fourth-order valence-electron chi connectivity index (χ4n) is 2.73. The van der Waals surface area contributed by atoms with E-state index in [0.717, 1.165) is 11.4 Å². The van der Waals surface area contributed by atoms with Gasteiger partial charge < -0.3 is 15.5 Å². The monoisotopic (exact) mass is 360 g/mol. The molecule has 1 amide bonds. The van der Waals surface area contributed by atoms with Crippen molar-refractivity contribution in [3.8, 4) is 0 Å². The van der Waals surface area contributed by atoms with Gasteiger partial charge in [-0.1, -0.05) is 36.4 Å². The SMILES string of the molecule is O=C(Nc1cccc(N2C=C(c3ncn[nH]3)NC2)c1)C(=O)c1ccccc1. The van der Waals surface area contributed by atoms with E-state index in [2.05, 4.69) is 25.8 Å². The van der Waals surface area contributed by atoms with Gasteiger partial charge in [0.05, 0.1) is 12.4 Å². The number of nitrogens with zero attached hydrogens (tertiary/aromatic N) is 3. The number of hydrogen-bond donors (Lipinski definition) is 3. The smallest absolute Gasteiger partial charge is 0.296 e. The average Bonchev–Trinajstić information content (AvgIpc) is 3.40. The number of aromatic amines is 1. The molecule has 1 aromatic heterocycles. The predicted octanol–water partition coefficient (Wildman–Crippen LogP) is 1.99. The van der Waals surface area contributed by atoms with Crippen LogP contribution in [0.25, 0.3) is 5.70 Å². The van der Waals surface area contributed by atoms with Crippen molar-refractivity contribution in [2.24, 2.45) is 0 Å². The van der Waals surface area contributed by atoms with E-state index in [1.807, 2.05) is 23.2 Å². The number of rotatable bonds is 5. The van der Waals surface area contributed by atoms with E-state index in [1.54, 1.807) is 42.5 Å². The van der Waals surface area contributed by atoms with E-state index in [-0.39, 0.29) is 0 Å². The molecule has 0 saturated heterocycles. The van der Waals surface area contributed by atoms with Crippen molar-refractivity contribution in [3.63, 3.8) is 0 Å². The average molecular weight is 360 g/mol. The zero-order chi connectivity index (χ0) is 18.6. The Hall–Kier alpha value is -3.94. The molecule has 3 N–H and O–H groups in total. The third kappa shape index (κ3) is 3.54. The number of amides is 1. The van der Waals surface area contributed by atoms with Crippen molar-refractivity contribution in [2.75, 3.05) is 16.9 Å². The summed E-state index contributed by atoms with van der Waals surface area (Å²) in [7, 11) is 0. The molecule has 3 aromatic rings. The van der Waals surface area contributed by atoms with Gasteiger partial charge in [0.25, 0.3) is 11.7 Å². The first-order chi connectivity index (χ1) is 13.2. The van der Waals surface area contributed by atoms with E-state index in [0.29, 0.717) is 23.7 Å². The van der Waals surface area contributed by atoms with Crippen LogP contribution in [0.1, 0.15) is 16.2 Å². The number of H-pyrrole nitrogens is 1. The van der Waals surface area contributed by atoms with E-state index in [4.69, 9.17) is 0 Å². The molecule has 0 unspecified atom stereocenters. The molecule has 2 heterocycles. The minimum Gasteiger partial charge on any atom is -0.363 e. The molecule has 0 bridgehead atoms. The fourth-order valence-corrected chi connectivity index (χ4v) is 2.73. The van der Waals surface area contributed by atoms with Crippen LogP contribution in [0.4, 0.5) is 11.4 Å². The maximum atomic E-state index is 12.2. The molecule has 0 radical (unpaired) electrons. The highest BCUT2D eigenvalue weighted by Gasteiger charge is 2.18. The van der Waals surface area contributed by atoms with Crippen molar-refractivity contribution >= 4 is 28.8 Å². The van der Waals surface area contributed by atoms with Gasteiger partial charge in [0.1, 0.15) is 6.33 Å². The van der Waals surface area contributed by atoms with E-state index < -0.39 is 11.7 Å². The first-order valence-corrected chi connectivity index (χ1v) is 8.29. The van der Waals surface area contributed by atoms with Gasteiger partial charge in [-0.05, 0) is 18.2 Å². The zero-order valence-corrected chi connectivity index (χ0v) is 14.2. The minimum atomic E-state index is -0.671. The van der Waals surface area contributed by atoms with Crippen LogP contribution in [0.5, 0.6) is 0 Å². The standard InChI is InChI=1S/C19H16N6O2/c26-17(13-5-2-1-3-6-13)19(27)23-14-7-4-8-15(9-14)25-10-16(21-12-25)18-20-11-22-24-18/h1-11,21H,12H2,(H,23,27)(H,20,22,24). The summed E-state index contributed by atoms with van der Waals surface area (Å²) in [5.74, 6) is -0.595. The molecule has 134 valence electrons. The van der Waals surface area contributed by atoms with Gasteiger partial charge in [-0.3, -0.25) is 14.7 Å². The van der Waals surface area contributed by atoms with Gasteiger partial charge in [0.15, 0.2) is 5.82 Å². The molecule has 0 atom stereocenters. The van der Waals surface area contributed by atoms with Crippen molar-refractivity contribution in [2.45, 2.75) is 0 Å². The molecular weight excluding hydrogens is 344 g/mol. The lowest BCUT2D eigenvalue weighted by Gasteiger charge is -2.15. The molecule has 0 aliphatic carbocycles. The lowest BCUT2D eigenvalue weighted by atomic mass is 10.1. The second-order valence-electron chi connectivity index (χ2n) is 5.88. The first-order valence-electron chi connectivity index (χ1n) is 8.29. The van der Waals surface area contributed by atoms with Crippen LogP contribution in [-0.4, -0.2) is 33.5 Å². The van der Waals surface area contributed by atoms with Gasteiger partial charge in [0.2, 0.25) is 0 Å². The lowest BCUT2D eigenvalue weighted by Crippen LogP contribution is -2.23. The van der Waals surface area contributed by atoms with Gasteiger partial charge in [-0.25, -0.2) is 4.98 Å². The van der Waals surface area contributed by atoms with E-state index in [1.165, 1.54) is 6.33 Å². The molecule has 0 saturated carbocycles. The van der Waals surface area contributed by atoms with Gasteiger partial charge >= 0.3 is 0 Å². The summed E-state index contributed by atoms with van der Waals surface area (Å²) in [5, 5.41) is 12.5. The Bertz CT molecular complexity index is 998. The summed E-state index contributed by atoms with van der Waals surface area (Å²) >= 11 is 0. The molecular formula is C19H16N6O2. The van der Waals surface area contributed by atoms with Crippen molar-refractivity contribution in [1.82, 2.24) is 20.5 Å². The number of carbonyl (C=O) groups is 2. The summed E-state index contributed by atoms with van der Waals surface area (Å²) in [6.07, 6.45) is 3.34. The number of carbonyl (C=O) groups excluding carboxylic acids is 2. The Morgan fingerprint density at radius 2 is 1.93 bits per heavy atom.